The number of hydrogen-bond donors (Lipinski definition) is 0. The van der Waals surface area contributed by atoms with Crippen LogP contribution in [0.1, 0.15) is 32.9 Å². The van der Waals surface area contributed by atoms with Crippen LogP contribution in [0.2, 0.25) is 0 Å². The van der Waals surface area contributed by atoms with Gasteiger partial charge in [-0.15, -0.1) is 0 Å². The molecule has 10 heteroatoms. The second-order valence-corrected chi connectivity index (χ2v) is 10.5. The predicted octanol–water partition coefficient (Wildman–Crippen LogP) is 7.48. The molecule has 1 amide bonds. The second kappa shape index (κ2) is 10.8. The van der Waals surface area contributed by atoms with E-state index in [-0.39, 0.29) is 12.4 Å². The van der Waals surface area contributed by atoms with Gasteiger partial charge in [0.2, 0.25) is 0 Å². The van der Waals surface area contributed by atoms with Gasteiger partial charge in [0.15, 0.2) is 0 Å². The van der Waals surface area contributed by atoms with Crippen molar-refractivity contribution in [2.75, 3.05) is 7.05 Å². The van der Waals surface area contributed by atoms with E-state index in [0.717, 1.165) is 16.0 Å². The summed E-state index contributed by atoms with van der Waals surface area (Å²) in [6.07, 6.45) is 4.06. The Kier molecular flexibility index (Phi) is 7.68. The zero-order chi connectivity index (χ0) is 26.7. The highest BCUT2D eigenvalue weighted by Crippen LogP contribution is 2.34. The Bertz CT molecular complexity index is 1390. The van der Waals surface area contributed by atoms with E-state index in [1.807, 2.05) is 40.5 Å². The predicted molar refractivity (Wildman–Crippen MR) is 138 cm³/mol. The maximum Gasteiger partial charge on any atom is 0.410 e. The van der Waals surface area contributed by atoms with Crippen LogP contribution in [0.15, 0.2) is 78.1 Å². The van der Waals surface area contributed by atoms with Crippen LogP contribution in [0.25, 0.3) is 22.4 Å². The fraction of sp³-hybridized carbons (Fsp3) is 0.259. The summed E-state index contributed by atoms with van der Waals surface area (Å²) < 4.78 is 48.5. The zero-order valence-electron chi connectivity index (χ0n) is 20.9. The Hall–Kier alpha value is -3.66. The number of benzene rings is 2. The summed E-state index contributed by atoms with van der Waals surface area (Å²) in [5, 5.41) is 3.71. The van der Waals surface area contributed by atoms with Gasteiger partial charge in [0.05, 0.1) is 18.4 Å². The third-order valence-corrected chi connectivity index (χ3v) is 6.25. The summed E-state index contributed by atoms with van der Waals surface area (Å²) in [6.45, 7) is 2.95. The average molecular weight is 529 g/mol. The lowest BCUT2D eigenvalue weighted by atomic mass is 10.1. The SMILES string of the molecule is CN(Cc1cc(-c2ccccc2F)n(Sc2cccc(-c3cnn(C(F)F)c3)c2)c1)C(=O)OC(C)(C)C. The standard InChI is InChI=1S/C27H27F3N4O2S/c1-27(2,3)36-26(35)32(4)15-18-12-24(22-10-5-6-11-23(22)28)34(16-18)37-21-9-7-8-19(13-21)20-14-31-33(17-20)25(29)30/h5-14,16-17,25H,15H2,1-4H3. The van der Waals surface area contributed by atoms with E-state index in [0.29, 0.717) is 21.5 Å². The molecule has 0 spiro atoms. The van der Waals surface area contributed by atoms with E-state index < -0.39 is 18.2 Å². The minimum Gasteiger partial charge on any atom is -0.444 e. The van der Waals surface area contributed by atoms with E-state index >= 15 is 0 Å². The molecule has 0 aliphatic carbocycles. The molecule has 0 saturated carbocycles. The number of halogens is 3. The molecule has 0 atom stereocenters. The van der Waals surface area contributed by atoms with E-state index in [4.69, 9.17) is 4.74 Å². The normalized spacial score (nSPS) is 11.7. The van der Waals surface area contributed by atoms with Crippen LogP contribution in [0, 0.1) is 5.82 Å². The molecule has 0 saturated heterocycles. The maximum absolute atomic E-state index is 14.8. The maximum atomic E-state index is 14.8. The Labute approximate surface area is 217 Å². The van der Waals surface area contributed by atoms with E-state index in [9.17, 15) is 18.0 Å². The van der Waals surface area contributed by atoms with Crippen molar-refractivity contribution in [2.45, 2.75) is 44.4 Å². The summed E-state index contributed by atoms with van der Waals surface area (Å²) in [4.78, 5) is 14.7. The van der Waals surface area contributed by atoms with Crippen molar-refractivity contribution in [3.05, 3.63) is 84.6 Å². The van der Waals surface area contributed by atoms with Gasteiger partial charge in [-0.25, -0.2) is 13.9 Å². The monoisotopic (exact) mass is 528 g/mol. The average Bonchev–Trinajstić information content (AvgIpc) is 3.46. The smallest absolute Gasteiger partial charge is 0.410 e. The van der Waals surface area contributed by atoms with Crippen LogP contribution < -0.4 is 0 Å². The number of ether oxygens (including phenoxy) is 1. The molecule has 37 heavy (non-hydrogen) atoms. The Morgan fingerprint density at radius 3 is 2.51 bits per heavy atom. The lowest BCUT2D eigenvalue weighted by Gasteiger charge is -2.24. The van der Waals surface area contributed by atoms with Crippen molar-refractivity contribution >= 4 is 18.0 Å². The Balaban J connectivity index is 1.64. The minimum atomic E-state index is -2.72. The number of rotatable bonds is 7. The van der Waals surface area contributed by atoms with Crippen molar-refractivity contribution in [1.82, 2.24) is 18.7 Å². The molecule has 0 bridgehead atoms. The third kappa shape index (κ3) is 6.56. The third-order valence-electron chi connectivity index (χ3n) is 5.29. The summed E-state index contributed by atoms with van der Waals surface area (Å²) in [5.74, 6) is -0.373. The molecule has 2 heterocycles. The molecule has 4 aromatic rings. The molecule has 0 aliphatic heterocycles. The number of nitrogens with zero attached hydrogens (tertiary/aromatic N) is 4. The molecule has 194 valence electrons. The van der Waals surface area contributed by atoms with E-state index in [2.05, 4.69) is 5.10 Å². The van der Waals surface area contributed by atoms with Gasteiger partial charge in [0.1, 0.15) is 11.4 Å². The Morgan fingerprint density at radius 1 is 1.08 bits per heavy atom. The highest BCUT2D eigenvalue weighted by Gasteiger charge is 2.21. The molecule has 6 nitrogen and oxygen atoms in total. The van der Waals surface area contributed by atoms with Gasteiger partial charge in [0, 0.05) is 35.5 Å². The van der Waals surface area contributed by atoms with Crippen molar-refractivity contribution < 1.29 is 22.7 Å². The van der Waals surface area contributed by atoms with Crippen LogP contribution >= 0.6 is 11.9 Å². The van der Waals surface area contributed by atoms with Gasteiger partial charge >= 0.3 is 12.6 Å². The molecule has 2 aromatic heterocycles. The number of carbonyl (C=O) groups is 1. The summed E-state index contributed by atoms with van der Waals surface area (Å²) in [7, 11) is 1.64. The van der Waals surface area contributed by atoms with Crippen LogP contribution in [0.4, 0.5) is 18.0 Å². The summed E-state index contributed by atoms with van der Waals surface area (Å²) in [5.41, 5.74) is 2.48. The largest absolute Gasteiger partial charge is 0.444 e. The minimum absolute atomic E-state index is 0.261. The molecule has 0 radical (unpaired) electrons. The van der Waals surface area contributed by atoms with Crippen molar-refractivity contribution in [3.8, 4) is 22.4 Å². The van der Waals surface area contributed by atoms with Gasteiger partial charge in [-0.3, -0.25) is 3.97 Å². The Morgan fingerprint density at radius 2 is 1.84 bits per heavy atom. The first-order valence-corrected chi connectivity index (χ1v) is 12.3. The fourth-order valence-corrected chi connectivity index (χ4v) is 4.63. The second-order valence-electron chi connectivity index (χ2n) is 9.48. The summed E-state index contributed by atoms with van der Waals surface area (Å²) >= 11 is 1.35. The quantitative estimate of drug-likeness (QED) is 0.250. The van der Waals surface area contributed by atoms with Crippen LogP contribution in [0.3, 0.4) is 0 Å². The first-order chi connectivity index (χ1) is 17.5. The fourth-order valence-electron chi connectivity index (χ4n) is 3.64. The van der Waals surface area contributed by atoms with E-state index in [1.165, 1.54) is 35.3 Å². The number of carbonyl (C=O) groups excluding carboxylic acids is 1. The lowest BCUT2D eigenvalue weighted by molar-refractivity contribution is 0.0285. The highest BCUT2D eigenvalue weighted by molar-refractivity contribution is 7.98. The molecule has 0 unspecified atom stereocenters. The van der Waals surface area contributed by atoms with E-state index in [1.54, 1.807) is 46.0 Å². The van der Waals surface area contributed by atoms with Gasteiger partial charge in [0.25, 0.3) is 0 Å². The van der Waals surface area contributed by atoms with Gasteiger partial charge in [-0.2, -0.15) is 13.9 Å². The summed E-state index contributed by atoms with van der Waals surface area (Å²) in [6, 6.07) is 15.7. The van der Waals surface area contributed by atoms with Gasteiger partial charge in [-0.1, -0.05) is 24.3 Å². The zero-order valence-corrected chi connectivity index (χ0v) is 21.7. The van der Waals surface area contributed by atoms with Crippen molar-refractivity contribution in [3.63, 3.8) is 0 Å². The molecule has 0 aliphatic rings. The van der Waals surface area contributed by atoms with Crippen LogP contribution in [-0.4, -0.2) is 37.4 Å². The molecule has 2 aromatic carbocycles. The van der Waals surface area contributed by atoms with Gasteiger partial charge in [-0.05, 0) is 74.2 Å². The van der Waals surface area contributed by atoms with Gasteiger partial charge < -0.3 is 9.64 Å². The van der Waals surface area contributed by atoms with Crippen LogP contribution in [0.5, 0.6) is 0 Å². The van der Waals surface area contributed by atoms with Crippen LogP contribution in [-0.2, 0) is 11.3 Å². The lowest BCUT2D eigenvalue weighted by Crippen LogP contribution is -2.33. The topological polar surface area (TPSA) is 52.3 Å². The van der Waals surface area contributed by atoms with Crippen molar-refractivity contribution in [2.24, 2.45) is 0 Å². The van der Waals surface area contributed by atoms with Crippen molar-refractivity contribution in [1.29, 1.82) is 0 Å². The number of alkyl halides is 2. The molecule has 0 N–H and O–H groups in total. The molecular weight excluding hydrogens is 501 g/mol. The highest BCUT2D eigenvalue weighted by atomic mass is 32.2. The number of aromatic nitrogens is 3. The first-order valence-electron chi connectivity index (χ1n) is 11.5. The molecule has 4 rings (SSSR count). The first kappa shape index (κ1) is 26.4. The molecular formula is C27H27F3N4O2S. The number of hydrogen-bond acceptors (Lipinski definition) is 4. The number of amides is 1. The molecule has 0 fully saturated rings.